The minimum Gasteiger partial charge on any atom is -0.358 e. The van der Waals surface area contributed by atoms with Crippen molar-refractivity contribution >= 4 is 17.3 Å². The molecule has 1 aromatic carbocycles. The van der Waals surface area contributed by atoms with Gasteiger partial charge in [0.2, 0.25) is 0 Å². The molecule has 0 heterocycles. The van der Waals surface area contributed by atoms with E-state index in [0.717, 1.165) is 12.1 Å². The summed E-state index contributed by atoms with van der Waals surface area (Å²) in [5.41, 5.74) is 2.80. The zero-order valence-corrected chi connectivity index (χ0v) is 8.00. The molecule has 14 heavy (non-hydrogen) atoms. The summed E-state index contributed by atoms with van der Waals surface area (Å²) < 4.78 is 25.2. The fraction of sp³-hybridized carbons (Fsp3) is 0.125. The van der Waals surface area contributed by atoms with E-state index in [1.54, 1.807) is 0 Å². The fourth-order valence-electron chi connectivity index (χ4n) is 0.883. The summed E-state index contributed by atoms with van der Waals surface area (Å²) in [5.74, 6) is 3.26. The molecule has 0 aromatic heterocycles. The summed E-state index contributed by atoms with van der Waals surface area (Å²) in [7, 11) is 0. The first kappa shape index (κ1) is 10.8. The molecule has 1 rings (SSSR count). The van der Waals surface area contributed by atoms with Gasteiger partial charge in [-0.05, 0) is 29.9 Å². The van der Waals surface area contributed by atoms with Crippen LogP contribution in [0, 0.1) is 11.6 Å². The molecular formula is C8H9F2N3S. The summed E-state index contributed by atoms with van der Waals surface area (Å²) in [5, 5.41) is 2.95. The number of rotatable bonds is 2. The number of nitrogens with one attached hydrogen (secondary N) is 2. The van der Waals surface area contributed by atoms with Crippen molar-refractivity contribution in [2.45, 2.75) is 6.54 Å². The Balaban J connectivity index is 2.60. The number of halogens is 2. The van der Waals surface area contributed by atoms with Gasteiger partial charge in [-0.1, -0.05) is 6.07 Å². The van der Waals surface area contributed by atoms with Gasteiger partial charge >= 0.3 is 0 Å². The van der Waals surface area contributed by atoms with Gasteiger partial charge in [-0.2, -0.15) is 0 Å². The van der Waals surface area contributed by atoms with E-state index < -0.39 is 11.6 Å². The van der Waals surface area contributed by atoms with Crippen molar-refractivity contribution in [3.63, 3.8) is 0 Å². The van der Waals surface area contributed by atoms with E-state index in [1.165, 1.54) is 6.07 Å². The molecule has 0 atom stereocenters. The Morgan fingerprint density at radius 1 is 1.36 bits per heavy atom. The van der Waals surface area contributed by atoms with Crippen LogP contribution in [0.5, 0.6) is 0 Å². The maximum Gasteiger partial charge on any atom is 0.180 e. The zero-order valence-electron chi connectivity index (χ0n) is 7.18. The second-order valence-electron chi connectivity index (χ2n) is 2.58. The molecule has 0 bridgehead atoms. The summed E-state index contributed by atoms with van der Waals surface area (Å²) in [6.45, 7) is 0.292. The highest BCUT2D eigenvalue weighted by atomic mass is 32.1. The second kappa shape index (κ2) is 4.83. The second-order valence-corrected chi connectivity index (χ2v) is 2.98. The van der Waals surface area contributed by atoms with E-state index in [9.17, 15) is 8.78 Å². The average Bonchev–Trinajstić information content (AvgIpc) is 2.19. The SMILES string of the molecule is NNC(=S)NCc1ccc(F)c(F)c1. The highest BCUT2D eigenvalue weighted by Gasteiger charge is 2.02. The summed E-state index contributed by atoms with van der Waals surface area (Å²) >= 11 is 4.70. The molecule has 4 N–H and O–H groups in total. The Kier molecular flexibility index (Phi) is 3.73. The predicted molar refractivity (Wildman–Crippen MR) is 53.1 cm³/mol. The van der Waals surface area contributed by atoms with Crippen LogP contribution < -0.4 is 16.6 Å². The Morgan fingerprint density at radius 3 is 2.64 bits per heavy atom. The van der Waals surface area contributed by atoms with E-state index in [2.05, 4.69) is 10.7 Å². The van der Waals surface area contributed by atoms with E-state index >= 15 is 0 Å². The number of hydrazine groups is 1. The van der Waals surface area contributed by atoms with Gasteiger partial charge in [0.1, 0.15) is 0 Å². The van der Waals surface area contributed by atoms with Crippen molar-refractivity contribution in [3.05, 3.63) is 35.4 Å². The molecule has 0 spiro atoms. The summed E-state index contributed by atoms with van der Waals surface area (Å²) in [6, 6.07) is 3.62. The molecule has 0 aliphatic heterocycles. The molecule has 0 fully saturated rings. The van der Waals surface area contributed by atoms with Crippen molar-refractivity contribution in [1.29, 1.82) is 0 Å². The van der Waals surface area contributed by atoms with Gasteiger partial charge in [0, 0.05) is 6.54 Å². The predicted octanol–water partition coefficient (Wildman–Crippen LogP) is 0.803. The first-order valence-corrected chi connectivity index (χ1v) is 4.22. The van der Waals surface area contributed by atoms with Crippen molar-refractivity contribution < 1.29 is 8.78 Å². The fourth-order valence-corrected chi connectivity index (χ4v) is 0.955. The maximum absolute atomic E-state index is 12.7. The molecule has 6 heteroatoms. The largest absolute Gasteiger partial charge is 0.358 e. The molecule has 1 aromatic rings. The molecule has 76 valence electrons. The van der Waals surface area contributed by atoms with Crippen molar-refractivity contribution in [2.75, 3.05) is 0 Å². The zero-order chi connectivity index (χ0) is 10.6. The number of thiocarbonyl (C=S) groups is 1. The lowest BCUT2D eigenvalue weighted by Gasteiger charge is -2.06. The van der Waals surface area contributed by atoms with Gasteiger partial charge in [-0.15, -0.1) is 0 Å². The third-order valence-corrected chi connectivity index (χ3v) is 1.83. The molecule has 0 saturated carbocycles. The summed E-state index contributed by atoms with van der Waals surface area (Å²) in [4.78, 5) is 0. The number of nitrogens with two attached hydrogens (primary N) is 1. The van der Waals surface area contributed by atoms with Crippen molar-refractivity contribution in [1.82, 2.24) is 10.7 Å². The van der Waals surface area contributed by atoms with E-state index in [4.69, 9.17) is 18.1 Å². The smallest absolute Gasteiger partial charge is 0.180 e. The lowest BCUT2D eigenvalue weighted by Crippen LogP contribution is -2.39. The van der Waals surface area contributed by atoms with Gasteiger partial charge in [-0.25, -0.2) is 14.6 Å². The van der Waals surface area contributed by atoms with Gasteiger partial charge in [0.15, 0.2) is 16.7 Å². The first-order valence-electron chi connectivity index (χ1n) is 3.82. The molecule has 0 amide bonds. The molecule has 0 saturated heterocycles. The van der Waals surface area contributed by atoms with Crippen LogP contribution in [0.3, 0.4) is 0 Å². The Bertz CT molecular complexity index is 343. The Hall–Kier alpha value is -1.27. The Morgan fingerprint density at radius 2 is 2.07 bits per heavy atom. The van der Waals surface area contributed by atoms with Crippen LogP contribution in [-0.2, 0) is 6.54 Å². The highest BCUT2D eigenvalue weighted by Crippen LogP contribution is 2.08. The normalized spacial score (nSPS) is 9.64. The summed E-state index contributed by atoms with van der Waals surface area (Å²) in [6.07, 6.45) is 0. The van der Waals surface area contributed by atoms with Crippen LogP contribution in [0.25, 0.3) is 0 Å². The topological polar surface area (TPSA) is 50.1 Å². The molecule has 3 nitrogen and oxygen atoms in total. The minimum absolute atomic E-state index is 0.245. The van der Waals surface area contributed by atoms with Crippen molar-refractivity contribution in [3.8, 4) is 0 Å². The lowest BCUT2D eigenvalue weighted by atomic mass is 10.2. The van der Waals surface area contributed by atoms with Crippen LogP contribution in [0.2, 0.25) is 0 Å². The van der Waals surface area contributed by atoms with Crippen molar-refractivity contribution in [2.24, 2.45) is 5.84 Å². The molecule has 0 unspecified atom stereocenters. The monoisotopic (exact) mass is 217 g/mol. The first-order chi connectivity index (χ1) is 6.63. The minimum atomic E-state index is -0.879. The highest BCUT2D eigenvalue weighted by molar-refractivity contribution is 7.80. The van der Waals surface area contributed by atoms with Crippen LogP contribution >= 0.6 is 12.2 Å². The quantitative estimate of drug-likeness (QED) is 0.390. The molecule has 0 aliphatic rings. The van der Waals surface area contributed by atoms with Gasteiger partial charge in [0.05, 0.1) is 0 Å². The van der Waals surface area contributed by atoms with Crippen LogP contribution in [0.4, 0.5) is 8.78 Å². The van der Waals surface area contributed by atoms with Gasteiger partial charge in [-0.3, -0.25) is 0 Å². The van der Waals surface area contributed by atoms with Gasteiger partial charge in [0.25, 0.3) is 0 Å². The van der Waals surface area contributed by atoms with E-state index in [0.29, 0.717) is 12.1 Å². The van der Waals surface area contributed by atoms with Gasteiger partial charge < -0.3 is 10.7 Å². The average molecular weight is 217 g/mol. The number of hydrogen-bond donors (Lipinski definition) is 3. The Labute approximate surface area is 85.3 Å². The maximum atomic E-state index is 12.7. The van der Waals surface area contributed by atoms with E-state index in [-0.39, 0.29) is 5.11 Å². The third-order valence-electron chi connectivity index (χ3n) is 1.57. The molecule has 0 radical (unpaired) electrons. The lowest BCUT2D eigenvalue weighted by molar-refractivity contribution is 0.507. The van der Waals surface area contributed by atoms with E-state index in [1.807, 2.05) is 0 Å². The van der Waals surface area contributed by atoms with Crippen LogP contribution in [0.1, 0.15) is 5.56 Å². The standard InChI is InChI=1S/C8H9F2N3S/c9-6-2-1-5(3-7(6)10)4-12-8(14)13-11/h1-3H,4,11H2,(H2,12,13,14). The van der Waals surface area contributed by atoms with Crippen LogP contribution in [0.15, 0.2) is 18.2 Å². The molecule has 0 aliphatic carbocycles. The third kappa shape index (κ3) is 2.90. The number of benzene rings is 1. The van der Waals surface area contributed by atoms with Crippen LogP contribution in [-0.4, -0.2) is 5.11 Å². The number of hydrogen-bond acceptors (Lipinski definition) is 2. The molecular weight excluding hydrogens is 208 g/mol.